The van der Waals surface area contributed by atoms with Crippen LogP contribution in [0, 0.1) is 0 Å². The molecule has 0 aromatic heterocycles. The van der Waals surface area contributed by atoms with Crippen LogP contribution in [0.2, 0.25) is 0 Å². The van der Waals surface area contributed by atoms with Crippen LogP contribution >= 0.6 is 0 Å². The molecule has 2 atom stereocenters. The summed E-state index contributed by atoms with van der Waals surface area (Å²) in [6.07, 6.45) is 51.8. The van der Waals surface area contributed by atoms with Crippen LogP contribution in [0.5, 0.6) is 0 Å². The molecule has 0 spiro atoms. The van der Waals surface area contributed by atoms with Gasteiger partial charge in [0.25, 0.3) is 0 Å². The Morgan fingerprint density at radius 3 is 1.47 bits per heavy atom. The molecule has 0 radical (unpaired) electrons. The molecule has 8 heteroatoms. The Morgan fingerprint density at radius 2 is 0.966 bits per heavy atom. The van der Waals surface area contributed by atoms with Gasteiger partial charge in [0.05, 0.1) is 40.3 Å². The molecule has 0 amide bonds. The Labute approximate surface area is 354 Å². The summed E-state index contributed by atoms with van der Waals surface area (Å²) in [6, 6.07) is -0.737. The Hall–Kier alpha value is -3.49. The van der Waals surface area contributed by atoms with Crippen LogP contribution in [0.15, 0.2) is 85.1 Å². The van der Waals surface area contributed by atoms with E-state index in [0.717, 1.165) is 89.9 Å². The summed E-state index contributed by atoms with van der Waals surface area (Å²) in [5.74, 6) is -1.80. The second-order valence-corrected chi connectivity index (χ2v) is 15.9. The molecule has 58 heavy (non-hydrogen) atoms. The maximum Gasteiger partial charge on any atom is 0.306 e. The van der Waals surface area contributed by atoms with E-state index in [-0.39, 0.29) is 49.1 Å². The molecule has 0 aromatic carbocycles. The van der Waals surface area contributed by atoms with E-state index < -0.39 is 18.1 Å². The molecular weight excluding hydrogens is 727 g/mol. The zero-order chi connectivity index (χ0) is 42.8. The van der Waals surface area contributed by atoms with E-state index in [9.17, 15) is 19.5 Å². The molecule has 0 N–H and O–H groups in total. The highest BCUT2D eigenvalue weighted by Gasteiger charge is 2.25. The summed E-state index contributed by atoms with van der Waals surface area (Å²) in [6.45, 7) is 4.46. The van der Waals surface area contributed by atoms with Gasteiger partial charge < -0.3 is 28.6 Å². The molecule has 0 bridgehead atoms. The number of ether oxygens (including phenoxy) is 3. The number of hydrogen-bond acceptors (Lipinski definition) is 7. The Bertz CT molecular complexity index is 1220. The maximum atomic E-state index is 12.7. The summed E-state index contributed by atoms with van der Waals surface area (Å²) in [5.41, 5.74) is 0. The number of rotatable bonds is 39. The van der Waals surface area contributed by atoms with Crippen molar-refractivity contribution in [1.29, 1.82) is 0 Å². The third-order valence-corrected chi connectivity index (χ3v) is 9.52. The van der Waals surface area contributed by atoms with Crippen LogP contribution in [0.4, 0.5) is 0 Å². The van der Waals surface area contributed by atoms with Gasteiger partial charge in [-0.3, -0.25) is 9.59 Å². The van der Waals surface area contributed by atoms with Gasteiger partial charge in [-0.15, -0.1) is 0 Å². The summed E-state index contributed by atoms with van der Waals surface area (Å²) in [5, 5.41) is 11.6. The monoisotopic (exact) mass is 810 g/mol. The number of allylic oxidation sites excluding steroid dienone is 14. The number of aliphatic carboxylic acids is 1. The van der Waals surface area contributed by atoms with Crippen LogP contribution in [0.1, 0.15) is 162 Å². The van der Waals surface area contributed by atoms with Gasteiger partial charge in [0.15, 0.2) is 6.10 Å². The van der Waals surface area contributed by atoms with Crippen molar-refractivity contribution in [2.24, 2.45) is 0 Å². The average Bonchev–Trinajstić information content (AvgIpc) is 3.18. The van der Waals surface area contributed by atoms with Crippen molar-refractivity contribution in [2.45, 2.75) is 174 Å². The number of carbonyl (C=O) groups excluding carboxylic acids is 3. The van der Waals surface area contributed by atoms with Crippen LogP contribution in [0.3, 0.4) is 0 Å². The number of carboxylic acid groups (broad SMARTS) is 1. The lowest BCUT2D eigenvalue weighted by atomic mass is 10.1. The van der Waals surface area contributed by atoms with Gasteiger partial charge in [0.2, 0.25) is 0 Å². The van der Waals surface area contributed by atoms with Crippen molar-refractivity contribution < 1.29 is 38.2 Å². The molecule has 0 aliphatic rings. The van der Waals surface area contributed by atoms with Crippen molar-refractivity contribution in [3.8, 4) is 0 Å². The van der Waals surface area contributed by atoms with Gasteiger partial charge in [-0.2, -0.15) is 0 Å². The zero-order valence-corrected chi connectivity index (χ0v) is 37.4. The number of nitrogens with zero attached hydrogens (tertiary/aromatic N) is 1. The smallest absolute Gasteiger partial charge is 0.306 e. The van der Waals surface area contributed by atoms with Gasteiger partial charge in [0.1, 0.15) is 12.6 Å². The normalized spacial score (nSPS) is 13.7. The lowest BCUT2D eigenvalue weighted by Gasteiger charge is -2.34. The fraction of sp³-hybridized carbons (Fsp3) is 0.660. The highest BCUT2D eigenvalue weighted by atomic mass is 16.6. The highest BCUT2D eigenvalue weighted by Crippen LogP contribution is 2.12. The Balaban J connectivity index is 4.41. The molecule has 2 unspecified atom stereocenters. The van der Waals surface area contributed by atoms with Gasteiger partial charge in [0, 0.05) is 19.3 Å². The first-order valence-corrected chi connectivity index (χ1v) is 22.6. The van der Waals surface area contributed by atoms with E-state index in [2.05, 4.69) is 98.9 Å². The van der Waals surface area contributed by atoms with E-state index in [1.165, 1.54) is 32.1 Å². The number of esters is 2. The maximum absolute atomic E-state index is 12.7. The first kappa shape index (κ1) is 54.5. The Morgan fingerprint density at radius 1 is 0.534 bits per heavy atom. The number of hydrogen-bond donors (Lipinski definition) is 0. The third-order valence-electron chi connectivity index (χ3n) is 9.52. The molecule has 0 rings (SSSR count). The minimum atomic E-state index is -1.14. The molecule has 0 saturated heterocycles. The van der Waals surface area contributed by atoms with E-state index in [4.69, 9.17) is 14.2 Å². The summed E-state index contributed by atoms with van der Waals surface area (Å²) >= 11 is 0. The number of unbranched alkanes of at least 4 members (excludes halogenated alkanes) is 11. The topological polar surface area (TPSA) is 102 Å². The molecule has 0 aliphatic carbocycles. The fourth-order valence-electron chi connectivity index (χ4n) is 6.01. The van der Waals surface area contributed by atoms with E-state index >= 15 is 0 Å². The minimum absolute atomic E-state index is 0.0195. The van der Waals surface area contributed by atoms with Gasteiger partial charge in [-0.25, -0.2) is 0 Å². The summed E-state index contributed by atoms with van der Waals surface area (Å²) in [4.78, 5) is 36.8. The van der Waals surface area contributed by atoms with Crippen LogP contribution in [-0.2, 0) is 28.6 Å². The molecule has 0 aliphatic heterocycles. The average molecular weight is 810 g/mol. The van der Waals surface area contributed by atoms with Gasteiger partial charge in [-0.1, -0.05) is 137 Å². The van der Waals surface area contributed by atoms with E-state index in [1.54, 1.807) is 21.1 Å². The fourth-order valence-corrected chi connectivity index (χ4v) is 6.01. The van der Waals surface area contributed by atoms with Crippen molar-refractivity contribution in [1.82, 2.24) is 0 Å². The first-order chi connectivity index (χ1) is 28.1. The van der Waals surface area contributed by atoms with E-state index in [1.807, 2.05) is 0 Å². The van der Waals surface area contributed by atoms with Crippen molar-refractivity contribution in [2.75, 3.05) is 41.0 Å². The molecule has 0 fully saturated rings. The van der Waals surface area contributed by atoms with E-state index in [0.29, 0.717) is 12.8 Å². The van der Waals surface area contributed by atoms with Crippen molar-refractivity contribution in [3.63, 3.8) is 0 Å². The summed E-state index contributed by atoms with van der Waals surface area (Å²) < 4.78 is 17.1. The Kier molecular flexibility index (Phi) is 37.9. The lowest BCUT2D eigenvalue weighted by Crippen LogP contribution is -2.55. The lowest BCUT2D eigenvalue weighted by molar-refractivity contribution is -0.889. The molecule has 0 heterocycles. The third kappa shape index (κ3) is 38.1. The quantitative estimate of drug-likeness (QED) is 0.0264. The van der Waals surface area contributed by atoms with Gasteiger partial charge >= 0.3 is 11.9 Å². The molecule has 0 aromatic rings. The number of carbonyl (C=O) groups is 3. The van der Waals surface area contributed by atoms with Crippen molar-refractivity contribution in [3.05, 3.63) is 85.1 Å². The highest BCUT2D eigenvalue weighted by molar-refractivity contribution is 5.70. The molecule has 330 valence electrons. The minimum Gasteiger partial charge on any atom is -0.544 e. The van der Waals surface area contributed by atoms with Crippen molar-refractivity contribution >= 4 is 17.9 Å². The molecule has 8 nitrogen and oxygen atoms in total. The van der Waals surface area contributed by atoms with Crippen LogP contribution in [-0.4, -0.2) is 75.5 Å². The van der Waals surface area contributed by atoms with Gasteiger partial charge in [-0.05, 0) is 89.9 Å². The van der Waals surface area contributed by atoms with Crippen LogP contribution < -0.4 is 5.11 Å². The zero-order valence-electron chi connectivity index (χ0n) is 37.4. The predicted octanol–water partition coefficient (Wildman–Crippen LogP) is 11.2. The molecular formula is C50H83NO7. The largest absolute Gasteiger partial charge is 0.544 e. The molecule has 0 saturated carbocycles. The second-order valence-electron chi connectivity index (χ2n) is 15.9. The van der Waals surface area contributed by atoms with Crippen LogP contribution in [0.25, 0.3) is 0 Å². The summed E-state index contributed by atoms with van der Waals surface area (Å²) in [7, 11) is 5.38. The number of carboxylic acids is 1. The second kappa shape index (κ2) is 40.3. The first-order valence-electron chi connectivity index (χ1n) is 22.6. The number of quaternary nitrogens is 1. The predicted molar refractivity (Wildman–Crippen MR) is 240 cm³/mol. The standard InChI is InChI=1S/C50H83NO7/c1-6-8-10-12-14-16-18-20-21-22-23-24-25-26-27-28-29-31-33-35-37-39-41-49(53)58-46(44-56-43-42-47(50(54)55)51(3,4)5)45-57-48(52)40-38-36-34-32-30-19-17-15-13-11-9-7-2/h8,10,14-17,20-21,23-24,26-27,29,31,46-47H,6-7,9,11-13,18-19,22,25,28,30,32-45H2,1-5H3/b10-8+,16-14+,17-15+,21-20+,24-23+,27-26+,31-29+. The number of likely N-dealkylation sites (N-methyl/N-ethyl adjacent to an activating group) is 1. The SMILES string of the molecule is CC/C=C/C/C=C/C/C=C/C/C=C/C/C=C/C/C=C/CCCCCC(=O)OC(COCCC(C(=O)[O-])[N+](C)(C)C)COC(=O)CCCCCCC/C=C/CCCCC.